The van der Waals surface area contributed by atoms with E-state index in [1.165, 1.54) is 0 Å². The molecular weight excluding hydrogens is 357 g/mol. The molecule has 0 aromatic carbocycles. The highest BCUT2D eigenvalue weighted by molar-refractivity contribution is 5.73. The van der Waals surface area contributed by atoms with E-state index in [9.17, 15) is 13.2 Å². The summed E-state index contributed by atoms with van der Waals surface area (Å²) in [6.07, 6.45) is -2.34. The number of nitrogens with one attached hydrogen (secondary N) is 1. The molecule has 0 saturated heterocycles. The van der Waals surface area contributed by atoms with E-state index in [-0.39, 0.29) is 6.04 Å². The molecule has 2 N–H and O–H groups in total. The molecule has 2 rings (SSSR count). The van der Waals surface area contributed by atoms with Gasteiger partial charge in [0.05, 0.1) is 11.7 Å². The standard InChI is InChI=1S/C13H20N4O2.C2HF3O2/c1-10-4-5-13(19-10)12(6-7-18-3)14-8-11-9-17(2)16-15-11;3-2(4,5)1(6)7/h4-5,9,12,14H,6-8H2,1-3H3;(H,6,7). The number of furan rings is 1. The van der Waals surface area contributed by atoms with Gasteiger partial charge in [-0.15, -0.1) is 5.10 Å². The molecule has 0 amide bonds. The van der Waals surface area contributed by atoms with Gasteiger partial charge in [-0.25, -0.2) is 4.79 Å². The Kier molecular flexibility index (Phi) is 8.26. The molecule has 1 unspecified atom stereocenters. The Morgan fingerprint density at radius 3 is 2.54 bits per heavy atom. The van der Waals surface area contributed by atoms with Crippen LogP contribution in [0.15, 0.2) is 22.7 Å². The molecule has 1 atom stereocenters. The van der Waals surface area contributed by atoms with E-state index in [4.69, 9.17) is 19.1 Å². The van der Waals surface area contributed by atoms with Crippen LogP contribution in [0.2, 0.25) is 0 Å². The van der Waals surface area contributed by atoms with Gasteiger partial charge < -0.3 is 19.6 Å². The van der Waals surface area contributed by atoms with Crippen molar-refractivity contribution in [3.8, 4) is 0 Å². The Bertz CT molecular complexity index is 684. The van der Waals surface area contributed by atoms with Crippen LogP contribution in [-0.4, -0.2) is 46.0 Å². The number of aryl methyl sites for hydroxylation is 2. The van der Waals surface area contributed by atoms with E-state index in [1.54, 1.807) is 11.8 Å². The second-order valence-electron chi connectivity index (χ2n) is 5.35. The number of alkyl halides is 3. The van der Waals surface area contributed by atoms with E-state index in [2.05, 4.69) is 15.6 Å². The number of ether oxygens (including phenoxy) is 1. The van der Waals surface area contributed by atoms with Gasteiger partial charge in [0.25, 0.3) is 0 Å². The monoisotopic (exact) mass is 378 g/mol. The lowest BCUT2D eigenvalue weighted by atomic mass is 10.1. The Morgan fingerprint density at radius 1 is 1.46 bits per heavy atom. The first-order chi connectivity index (χ1) is 12.1. The molecule has 0 fully saturated rings. The second-order valence-corrected chi connectivity index (χ2v) is 5.35. The summed E-state index contributed by atoms with van der Waals surface area (Å²) in [6.45, 7) is 3.28. The summed E-state index contributed by atoms with van der Waals surface area (Å²) in [5.41, 5.74) is 0.910. The van der Waals surface area contributed by atoms with E-state index in [1.807, 2.05) is 32.3 Å². The maximum absolute atomic E-state index is 10.6. The SMILES string of the molecule is COCCC(NCc1cn(C)nn1)c1ccc(C)o1.O=C(O)C(F)(F)F. The summed E-state index contributed by atoms with van der Waals surface area (Å²) in [6, 6.07) is 4.09. The van der Waals surface area contributed by atoms with Gasteiger partial charge in [-0.3, -0.25) is 4.68 Å². The number of carbonyl (C=O) groups is 1. The first-order valence-corrected chi connectivity index (χ1v) is 7.57. The Hall–Kier alpha value is -2.40. The fourth-order valence-corrected chi connectivity index (χ4v) is 1.93. The van der Waals surface area contributed by atoms with Crippen LogP contribution in [0.25, 0.3) is 0 Å². The summed E-state index contributed by atoms with van der Waals surface area (Å²) in [7, 11) is 3.56. The third-order valence-electron chi connectivity index (χ3n) is 3.14. The van der Waals surface area contributed by atoms with Crippen LogP contribution < -0.4 is 5.32 Å². The van der Waals surface area contributed by atoms with Crippen LogP contribution >= 0.6 is 0 Å². The lowest BCUT2D eigenvalue weighted by Gasteiger charge is -2.15. The van der Waals surface area contributed by atoms with Gasteiger partial charge in [-0.1, -0.05) is 5.21 Å². The normalized spacial score (nSPS) is 12.4. The molecule has 11 heteroatoms. The number of carboxylic acid groups (broad SMARTS) is 1. The summed E-state index contributed by atoms with van der Waals surface area (Å²) in [5, 5.41) is 18.5. The molecule has 2 aromatic rings. The van der Waals surface area contributed by atoms with Crippen LogP contribution in [0, 0.1) is 6.92 Å². The molecule has 0 radical (unpaired) electrons. The Morgan fingerprint density at radius 2 is 2.12 bits per heavy atom. The van der Waals surface area contributed by atoms with Crippen molar-refractivity contribution in [2.45, 2.75) is 32.1 Å². The van der Waals surface area contributed by atoms with Crippen LogP contribution in [0.3, 0.4) is 0 Å². The third-order valence-corrected chi connectivity index (χ3v) is 3.14. The molecule has 2 heterocycles. The zero-order chi connectivity index (χ0) is 19.7. The minimum atomic E-state index is -5.08. The van der Waals surface area contributed by atoms with Gasteiger partial charge in [-0.05, 0) is 25.5 Å². The minimum absolute atomic E-state index is 0.121. The fourth-order valence-electron chi connectivity index (χ4n) is 1.93. The molecule has 0 aliphatic heterocycles. The highest BCUT2D eigenvalue weighted by atomic mass is 19.4. The number of aliphatic carboxylic acids is 1. The van der Waals surface area contributed by atoms with Gasteiger partial charge in [-0.2, -0.15) is 13.2 Å². The molecule has 0 saturated carbocycles. The quantitative estimate of drug-likeness (QED) is 0.761. The highest BCUT2D eigenvalue weighted by Gasteiger charge is 2.38. The number of hydrogen-bond acceptors (Lipinski definition) is 6. The fraction of sp³-hybridized carbons (Fsp3) is 0.533. The third kappa shape index (κ3) is 7.66. The van der Waals surface area contributed by atoms with E-state index in [0.717, 1.165) is 23.6 Å². The van der Waals surface area contributed by atoms with Crippen molar-refractivity contribution in [3.63, 3.8) is 0 Å². The molecule has 0 aliphatic carbocycles. The van der Waals surface area contributed by atoms with Crippen molar-refractivity contribution < 1.29 is 32.2 Å². The average Bonchev–Trinajstić information content (AvgIpc) is 3.16. The van der Waals surface area contributed by atoms with Crippen molar-refractivity contribution in [2.75, 3.05) is 13.7 Å². The lowest BCUT2D eigenvalue weighted by molar-refractivity contribution is -0.192. The minimum Gasteiger partial charge on any atom is -0.475 e. The van der Waals surface area contributed by atoms with Gasteiger partial charge >= 0.3 is 12.1 Å². The maximum atomic E-state index is 10.6. The topological polar surface area (TPSA) is 102 Å². The van der Waals surface area contributed by atoms with Gasteiger partial charge in [0.15, 0.2) is 0 Å². The molecule has 0 spiro atoms. The van der Waals surface area contributed by atoms with Gasteiger partial charge in [0, 0.05) is 33.5 Å². The Balaban J connectivity index is 0.000000412. The largest absolute Gasteiger partial charge is 0.490 e. The summed E-state index contributed by atoms with van der Waals surface area (Å²) in [4.78, 5) is 8.90. The summed E-state index contributed by atoms with van der Waals surface area (Å²) < 4.78 is 44.2. The first-order valence-electron chi connectivity index (χ1n) is 7.57. The molecule has 2 aromatic heterocycles. The predicted molar refractivity (Wildman–Crippen MR) is 84.2 cm³/mol. The van der Waals surface area contributed by atoms with Crippen molar-refractivity contribution in [1.82, 2.24) is 20.3 Å². The number of halogens is 3. The van der Waals surface area contributed by atoms with Gasteiger partial charge in [0.1, 0.15) is 11.5 Å². The average molecular weight is 378 g/mol. The van der Waals surface area contributed by atoms with Crippen LogP contribution in [0.4, 0.5) is 13.2 Å². The summed E-state index contributed by atoms with van der Waals surface area (Å²) in [5.74, 6) is -0.912. The maximum Gasteiger partial charge on any atom is 0.490 e. The zero-order valence-electron chi connectivity index (χ0n) is 14.6. The van der Waals surface area contributed by atoms with Crippen LogP contribution in [0.1, 0.15) is 29.7 Å². The zero-order valence-corrected chi connectivity index (χ0v) is 14.6. The number of hydrogen-bond donors (Lipinski definition) is 2. The van der Waals surface area contributed by atoms with Gasteiger partial charge in [0.2, 0.25) is 0 Å². The van der Waals surface area contributed by atoms with Crippen molar-refractivity contribution >= 4 is 5.97 Å². The van der Waals surface area contributed by atoms with Crippen LogP contribution in [0.5, 0.6) is 0 Å². The van der Waals surface area contributed by atoms with E-state index >= 15 is 0 Å². The number of aromatic nitrogens is 3. The predicted octanol–water partition coefficient (Wildman–Crippen LogP) is 2.22. The molecule has 8 nitrogen and oxygen atoms in total. The number of nitrogens with zero attached hydrogens (tertiary/aromatic N) is 3. The summed E-state index contributed by atoms with van der Waals surface area (Å²) >= 11 is 0. The molecule has 0 bridgehead atoms. The Labute approximate surface area is 147 Å². The lowest BCUT2D eigenvalue weighted by Crippen LogP contribution is -2.22. The number of methoxy groups -OCH3 is 1. The van der Waals surface area contributed by atoms with E-state index < -0.39 is 12.1 Å². The highest BCUT2D eigenvalue weighted by Crippen LogP contribution is 2.20. The number of carboxylic acids is 1. The van der Waals surface area contributed by atoms with Crippen molar-refractivity contribution in [1.29, 1.82) is 0 Å². The first kappa shape index (κ1) is 21.6. The van der Waals surface area contributed by atoms with Crippen LogP contribution in [-0.2, 0) is 23.1 Å². The molecule has 0 aliphatic rings. The molecule has 146 valence electrons. The van der Waals surface area contributed by atoms with Crippen molar-refractivity contribution in [2.24, 2.45) is 7.05 Å². The molecular formula is C15H21F3N4O4. The van der Waals surface area contributed by atoms with Crippen molar-refractivity contribution in [3.05, 3.63) is 35.5 Å². The second kappa shape index (κ2) is 9.92. The smallest absolute Gasteiger partial charge is 0.475 e. The number of rotatable bonds is 7. The van der Waals surface area contributed by atoms with E-state index in [0.29, 0.717) is 13.2 Å². The molecule has 26 heavy (non-hydrogen) atoms.